The monoisotopic (exact) mass is 235 g/mol. The number of hydrogen-bond donors (Lipinski definition) is 0. The third-order valence-electron chi connectivity index (χ3n) is 3.10. The molecule has 2 heteroatoms. The number of fused-ring (bicyclic) bond motifs is 1. The molecule has 0 aliphatic heterocycles. The van der Waals surface area contributed by atoms with Gasteiger partial charge in [-0.25, -0.2) is 0 Å². The average molecular weight is 235 g/mol. The van der Waals surface area contributed by atoms with Crippen LogP contribution in [-0.4, -0.2) is 4.57 Å². The molecule has 0 saturated heterocycles. The van der Waals surface area contributed by atoms with Gasteiger partial charge in [-0.1, -0.05) is 36.4 Å². The van der Waals surface area contributed by atoms with E-state index in [0.717, 1.165) is 22.2 Å². The van der Waals surface area contributed by atoms with Gasteiger partial charge in [0.25, 0.3) is 5.56 Å². The fourth-order valence-electron chi connectivity index (χ4n) is 2.23. The van der Waals surface area contributed by atoms with Crippen molar-refractivity contribution in [3.05, 3.63) is 76.6 Å². The summed E-state index contributed by atoms with van der Waals surface area (Å²) in [6.07, 6.45) is 0. The molecule has 0 aliphatic carbocycles. The molecule has 1 heterocycles. The van der Waals surface area contributed by atoms with Crippen LogP contribution in [0.5, 0.6) is 0 Å². The Balaban J connectivity index is 2.47. The molecule has 0 spiro atoms. The number of para-hydroxylation sites is 2. The highest BCUT2D eigenvalue weighted by Crippen LogP contribution is 2.17. The van der Waals surface area contributed by atoms with E-state index in [0.29, 0.717) is 0 Å². The predicted octanol–water partition coefficient (Wildman–Crippen LogP) is 3.30. The molecule has 3 rings (SSSR count). The van der Waals surface area contributed by atoms with Gasteiger partial charge in [-0.2, -0.15) is 0 Å². The molecule has 0 radical (unpaired) electrons. The van der Waals surface area contributed by atoms with E-state index >= 15 is 0 Å². The van der Waals surface area contributed by atoms with Gasteiger partial charge in [0.2, 0.25) is 0 Å². The maximum absolute atomic E-state index is 12.3. The van der Waals surface area contributed by atoms with Crippen LogP contribution in [0.4, 0.5) is 0 Å². The molecule has 0 fully saturated rings. The molecule has 88 valence electrons. The summed E-state index contributed by atoms with van der Waals surface area (Å²) >= 11 is 0. The number of pyridine rings is 1. The van der Waals surface area contributed by atoms with E-state index in [9.17, 15) is 4.79 Å². The molecule has 0 atom stereocenters. The van der Waals surface area contributed by atoms with Crippen molar-refractivity contribution in [1.29, 1.82) is 0 Å². The Morgan fingerprint density at radius 2 is 1.56 bits per heavy atom. The Labute approximate surface area is 105 Å². The molecule has 1 aromatic heterocycles. The predicted molar refractivity (Wildman–Crippen MR) is 74.3 cm³/mol. The SMILES string of the molecule is Cc1cc2ccccc2n(-c2ccccc2)c1=O. The summed E-state index contributed by atoms with van der Waals surface area (Å²) in [6.45, 7) is 1.86. The third kappa shape index (κ3) is 1.63. The van der Waals surface area contributed by atoms with Gasteiger partial charge in [-0.05, 0) is 36.6 Å². The quantitative estimate of drug-likeness (QED) is 0.634. The average Bonchev–Trinajstić information content (AvgIpc) is 2.41. The first-order valence-electron chi connectivity index (χ1n) is 5.94. The second-order valence-corrected chi connectivity index (χ2v) is 4.36. The molecule has 0 saturated carbocycles. The molecule has 0 unspecified atom stereocenters. The van der Waals surface area contributed by atoms with Crippen molar-refractivity contribution in [2.24, 2.45) is 0 Å². The second-order valence-electron chi connectivity index (χ2n) is 4.36. The Kier molecular flexibility index (Phi) is 2.49. The van der Waals surface area contributed by atoms with Crippen molar-refractivity contribution in [2.75, 3.05) is 0 Å². The van der Waals surface area contributed by atoms with Crippen LogP contribution in [0.2, 0.25) is 0 Å². The first-order chi connectivity index (χ1) is 8.77. The molecular formula is C16H13NO. The van der Waals surface area contributed by atoms with Gasteiger partial charge in [0.1, 0.15) is 0 Å². The zero-order valence-electron chi connectivity index (χ0n) is 10.1. The Morgan fingerprint density at radius 3 is 2.33 bits per heavy atom. The number of nitrogens with zero attached hydrogens (tertiary/aromatic N) is 1. The first-order valence-corrected chi connectivity index (χ1v) is 5.94. The lowest BCUT2D eigenvalue weighted by Crippen LogP contribution is -2.20. The van der Waals surface area contributed by atoms with E-state index in [2.05, 4.69) is 0 Å². The number of rotatable bonds is 1. The van der Waals surface area contributed by atoms with Crippen LogP contribution in [0, 0.1) is 6.92 Å². The van der Waals surface area contributed by atoms with Crippen molar-refractivity contribution in [2.45, 2.75) is 6.92 Å². The van der Waals surface area contributed by atoms with Crippen LogP contribution in [-0.2, 0) is 0 Å². The van der Waals surface area contributed by atoms with Crippen LogP contribution in [0.1, 0.15) is 5.56 Å². The Morgan fingerprint density at radius 1 is 0.889 bits per heavy atom. The van der Waals surface area contributed by atoms with E-state index in [-0.39, 0.29) is 5.56 Å². The molecule has 0 N–H and O–H groups in total. The zero-order valence-corrected chi connectivity index (χ0v) is 10.1. The molecule has 3 aromatic rings. The highest BCUT2D eigenvalue weighted by Gasteiger charge is 2.07. The van der Waals surface area contributed by atoms with Crippen molar-refractivity contribution >= 4 is 10.9 Å². The third-order valence-corrected chi connectivity index (χ3v) is 3.10. The minimum atomic E-state index is 0.0416. The Bertz CT molecular complexity index is 757. The van der Waals surface area contributed by atoms with Crippen LogP contribution < -0.4 is 5.56 Å². The van der Waals surface area contributed by atoms with Crippen LogP contribution in [0.15, 0.2) is 65.5 Å². The van der Waals surface area contributed by atoms with Gasteiger partial charge in [0.15, 0.2) is 0 Å². The van der Waals surface area contributed by atoms with Crippen molar-refractivity contribution in [3.8, 4) is 5.69 Å². The van der Waals surface area contributed by atoms with Gasteiger partial charge in [-0.3, -0.25) is 9.36 Å². The lowest BCUT2D eigenvalue weighted by molar-refractivity contribution is 1.02. The number of aryl methyl sites for hydroxylation is 1. The highest BCUT2D eigenvalue weighted by molar-refractivity contribution is 5.81. The molecule has 2 nitrogen and oxygen atoms in total. The van der Waals surface area contributed by atoms with Gasteiger partial charge in [-0.15, -0.1) is 0 Å². The minimum Gasteiger partial charge on any atom is -0.277 e. The topological polar surface area (TPSA) is 22.0 Å². The van der Waals surface area contributed by atoms with E-state index in [4.69, 9.17) is 0 Å². The summed E-state index contributed by atoms with van der Waals surface area (Å²) < 4.78 is 1.77. The zero-order chi connectivity index (χ0) is 12.5. The summed E-state index contributed by atoms with van der Waals surface area (Å²) in [5, 5.41) is 1.08. The summed E-state index contributed by atoms with van der Waals surface area (Å²) in [4.78, 5) is 12.3. The maximum atomic E-state index is 12.3. The van der Waals surface area contributed by atoms with E-state index in [1.165, 1.54) is 0 Å². The van der Waals surface area contributed by atoms with Gasteiger partial charge in [0, 0.05) is 11.3 Å². The molecule has 2 aromatic carbocycles. The second kappa shape index (κ2) is 4.15. The summed E-state index contributed by atoms with van der Waals surface area (Å²) in [7, 11) is 0. The van der Waals surface area contributed by atoms with Crippen molar-refractivity contribution < 1.29 is 0 Å². The standard InChI is InChI=1S/C16H13NO/c1-12-11-13-7-5-6-10-15(13)17(16(12)18)14-8-3-2-4-9-14/h2-11H,1H3. The van der Waals surface area contributed by atoms with Crippen LogP contribution >= 0.6 is 0 Å². The molecule has 0 bridgehead atoms. The smallest absolute Gasteiger partial charge is 0.258 e. The van der Waals surface area contributed by atoms with E-state index in [1.54, 1.807) is 4.57 Å². The van der Waals surface area contributed by atoms with Gasteiger partial charge < -0.3 is 0 Å². The minimum absolute atomic E-state index is 0.0416. The fraction of sp³-hybridized carbons (Fsp3) is 0.0625. The largest absolute Gasteiger partial charge is 0.277 e. The summed E-state index contributed by atoms with van der Waals surface area (Å²) in [5.41, 5.74) is 2.65. The Hall–Kier alpha value is -2.35. The molecule has 0 amide bonds. The maximum Gasteiger partial charge on any atom is 0.258 e. The summed E-state index contributed by atoms with van der Waals surface area (Å²) in [5.74, 6) is 0. The fourth-order valence-corrected chi connectivity index (χ4v) is 2.23. The van der Waals surface area contributed by atoms with Gasteiger partial charge in [0.05, 0.1) is 5.52 Å². The van der Waals surface area contributed by atoms with E-state index < -0.39 is 0 Å². The van der Waals surface area contributed by atoms with E-state index in [1.807, 2.05) is 67.6 Å². The van der Waals surface area contributed by atoms with Gasteiger partial charge >= 0.3 is 0 Å². The molecule has 0 aliphatic rings. The highest BCUT2D eigenvalue weighted by atomic mass is 16.1. The van der Waals surface area contributed by atoms with Crippen molar-refractivity contribution in [1.82, 2.24) is 4.57 Å². The van der Waals surface area contributed by atoms with Crippen molar-refractivity contribution in [3.63, 3.8) is 0 Å². The first kappa shape index (κ1) is 10.8. The molecular weight excluding hydrogens is 222 g/mol. The van der Waals surface area contributed by atoms with Crippen LogP contribution in [0.25, 0.3) is 16.6 Å². The molecule has 18 heavy (non-hydrogen) atoms. The number of aromatic nitrogens is 1. The number of hydrogen-bond acceptors (Lipinski definition) is 1. The number of benzene rings is 2. The lowest BCUT2D eigenvalue weighted by atomic mass is 10.1. The normalized spacial score (nSPS) is 10.7. The lowest BCUT2D eigenvalue weighted by Gasteiger charge is -2.11. The van der Waals surface area contributed by atoms with Crippen LogP contribution in [0.3, 0.4) is 0 Å². The summed E-state index contributed by atoms with van der Waals surface area (Å²) in [6, 6.07) is 19.6.